The smallest absolute Gasteiger partial charge is 0.0660 e. The zero-order valence-electron chi connectivity index (χ0n) is 6.90. The summed E-state index contributed by atoms with van der Waals surface area (Å²) in [5.74, 6) is 1.72. The fourth-order valence-corrected chi connectivity index (χ4v) is 2.09. The van der Waals surface area contributed by atoms with E-state index in [0.717, 1.165) is 11.8 Å². The van der Waals surface area contributed by atoms with E-state index in [4.69, 9.17) is 0 Å². The van der Waals surface area contributed by atoms with Gasteiger partial charge in [0, 0.05) is 6.21 Å². The van der Waals surface area contributed by atoms with Gasteiger partial charge in [-0.25, -0.2) is 0 Å². The van der Waals surface area contributed by atoms with Gasteiger partial charge < -0.3 is 0 Å². The Balaban J connectivity index is 2.16. The van der Waals surface area contributed by atoms with Crippen molar-refractivity contribution in [1.82, 2.24) is 0 Å². The van der Waals surface area contributed by atoms with Gasteiger partial charge in [-0.15, -0.1) is 0 Å². The Morgan fingerprint density at radius 1 is 1.25 bits per heavy atom. The molecule has 1 fully saturated rings. The fraction of sp³-hybridized carbons (Fsp3) is 0.364. The Bertz CT molecular complexity index is 341. The van der Waals surface area contributed by atoms with Crippen LogP contribution in [0.2, 0.25) is 0 Å². The van der Waals surface area contributed by atoms with Crippen LogP contribution in [0.15, 0.2) is 29.3 Å². The van der Waals surface area contributed by atoms with Crippen molar-refractivity contribution in [2.45, 2.75) is 18.8 Å². The second-order valence-electron chi connectivity index (χ2n) is 3.71. The highest BCUT2D eigenvalue weighted by atomic mass is 14.7. The van der Waals surface area contributed by atoms with Crippen molar-refractivity contribution in [3.8, 4) is 0 Å². The molecule has 3 rings (SSSR count). The fourth-order valence-electron chi connectivity index (χ4n) is 2.09. The first-order valence-electron chi connectivity index (χ1n) is 4.56. The molecule has 1 heteroatoms. The largest absolute Gasteiger partial charge is 0.261 e. The van der Waals surface area contributed by atoms with Crippen molar-refractivity contribution in [3.05, 3.63) is 29.8 Å². The van der Waals surface area contributed by atoms with Gasteiger partial charge in [0.2, 0.25) is 0 Å². The van der Waals surface area contributed by atoms with Gasteiger partial charge in [-0.3, -0.25) is 4.99 Å². The summed E-state index contributed by atoms with van der Waals surface area (Å²) in [7, 11) is 0. The van der Waals surface area contributed by atoms with Crippen LogP contribution in [0.25, 0.3) is 0 Å². The molecule has 1 unspecified atom stereocenters. The molecule has 0 spiro atoms. The maximum Gasteiger partial charge on any atom is 0.0660 e. The number of hydrogen-bond acceptors (Lipinski definition) is 1. The van der Waals surface area contributed by atoms with E-state index >= 15 is 0 Å². The Kier molecular flexibility index (Phi) is 1.17. The summed E-state index contributed by atoms with van der Waals surface area (Å²) in [4.78, 5) is 4.44. The summed E-state index contributed by atoms with van der Waals surface area (Å²) in [5, 5.41) is 0. The van der Waals surface area contributed by atoms with Crippen LogP contribution in [0, 0.1) is 5.92 Å². The number of fused-ring (bicyclic) bond motifs is 3. The predicted molar refractivity (Wildman–Crippen MR) is 50.1 cm³/mol. The molecule has 12 heavy (non-hydrogen) atoms. The molecular weight excluding hydrogens is 146 g/mol. The van der Waals surface area contributed by atoms with E-state index in [2.05, 4.69) is 35.5 Å². The van der Waals surface area contributed by atoms with Crippen LogP contribution in [-0.4, -0.2) is 6.21 Å². The van der Waals surface area contributed by atoms with Crippen molar-refractivity contribution in [2.75, 3.05) is 0 Å². The predicted octanol–water partition coefficient (Wildman–Crippen LogP) is 2.90. The number of rotatable bonds is 0. The SMILES string of the molecule is C1=Nc2ccccc2[C@@H]2CC2C1. The molecule has 1 aliphatic carbocycles. The molecule has 0 bridgehead atoms. The third-order valence-electron chi connectivity index (χ3n) is 2.90. The van der Waals surface area contributed by atoms with E-state index in [1.165, 1.54) is 24.1 Å². The molecule has 1 aromatic rings. The van der Waals surface area contributed by atoms with E-state index in [9.17, 15) is 0 Å². The average molecular weight is 157 g/mol. The molecule has 2 atom stereocenters. The van der Waals surface area contributed by atoms with Crippen LogP contribution >= 0.6 is 0 Å². The quantitative estimate of drug-likeness (QED) is 0.549. The van der Waals surface area contributed by atoms with Gasteiger partial charge in [0.1, 0.15) is 0 Å². The number of nitrogens with zero attached hydrogens (tertiary/aromatic N) is 1. The minimum atomic E-state index is 0.823. The summed E-state index contributed by atoms with van der Waals surface area (Å²) in [6.45, 7) is 0. The Morgan fingerprint density at radius 3 is 3.17 bits per heavy atom. The maximum atomic E-state index is 4.44. The summed E-state index contributed by atoms with van der Waals surface area (Å²) < 4.78 is 0. The van der Waals surface area contributed by atoms with Crippen molar-refractivity contribution in [3.63, 3.8) is 0 Å². The zero-order valence-corrected chi connectivity index (χ0v) is 6.90. The average Bonchev–Trinajstić information content (AvgIpc) is 2.82. The number of aliphatic imine (C=N–C) groups is 1. The molecular formula is C11H11N. The summed E-state index contributed by atoms with van der Waals surface area (Å²) >= 11 is 0. The highest BCUT2D eigenvalue weighted by molar-refractivity contribution is 5.68. The summed E-state index contributed by atoms with van der Waals surface area (Å²) in [6.07, 6.45) is 4.64. The van der Waals surface area contributed by atoms with Crippen LogP contribution < -0.4 is 0 Å². The van der Waals surface area contributed by atoms with Crippen molar-refractivity contribution < 1.29 is 0 Å². The van der Waals surface area contributed by atoms with E-state index in [1.54, 1.807) is 0 Å². The number of para-hydroxylation sites is 1. The molecule has 0 amide bonds. The lowest BCUT2D eigenvalue weighted by Gasteiger charge is -2.00. The van der Waals surface area contributed by atoms with Crippen LogP contribution in [-0.2, 0) is 0 Å². The first kappa shape index (κ1) is 6.41. The van der Waals surface area contributed by atoms with Gasteiger partial charge in [0.25, 0.3) is 0 Å². The molecule has 0 saturated heterocycles. The van der Waals surface area contributed by atoms with Gasteiger partial charge in [0.05, 0.1) is 5.69 Å². The van der Waals surface area contributed by atoms with E-state index < -0.39 is 0 Å². The number of hydrogen-bond donors (Lipinski definition) is 0. The lowest BCUT2D eigenvalue weighted by Crippen LogP contribution is -1.80. The second kappa shape index (κ2) is 2.19. The monoisotopic (exact) mass is 157 g/mol. The highest BCUT2D eigenvalue weighted by Gasteiger charge is 2.39. The Hall–Kier alpha value is -1.11. The Morgan fingerprint density at radius 2 is 2.17 bits per heavy atom. The van der Waals surface area contributed by atoms with Crippen molar-refractivity contribution >= 4 is 11.9 Å². The summed E-state index contributed by atoms with van der Waals surface area (Å²) in [5.41, 5.74) is 2.67. The molecule has 1 aromatic carbocycles. The molecule has 1 saturated carbocycles. The lowest BCUT2D eigenvalue weighted by atomic mass is 10.1. The normalized spacial score (nSPS) is 30.3. The van der Waals surface area contributed by atoms with Gasteiger partial charge in [0.15, 0.2) is 0 Å². The minimum Gasteiger partial charge on any atom is -0.261 e. The molecule has 0 aromatic heterocycles. The minimum absolute atomic E-state index is 0.823. The zero-order chi connectivity index (χ0) is 7.97. The van der Waals surface area contributed by atoms with E-state index in [-0.39, 0.29) is 0 Å². The molecule has 1 aliphatic heterocycles. The lowest BCUT2D eigenvalue weighted by molar-refractivity contribution is 0.865. The van der Waals surface area contributed by atoms with Crippen molar-refractivity contribution in [1.29, 1.82) is 0 Å². The van der Waals surface area contributed by atoms with Gasteiger partial charge in [-0.05, 0) is 36.3 Å². The standard InChI is InChI=1S/C11H11N/c1-2-4-11-9(3-1)10-7-8(10)5-6-12-11/h1-4,6,8,10H,5,7H2/t8?,10-/m1/s1. The molecule has 2 aliphatic rings. The van der Waals surface area contributed by atoms with Gasteiger partial charge in [-0.2, -0.15) is 0 Å². The molecule has 0 radical (unpaired) electrons. The van der Waals surface area contributed by atoms with Crippen LogP contribution in [0.3, 0.4) is 0 Å². The third-order valence-corrected chi connectivity index (χ3v) is 2.90. The van der Waals surface area contributed by atoms with Crippen LogP contribution in [0.5, 0.6) is 0 Å². The topological polar surface area (TPSA) is 12.4 Å². The first-order chi connectivity index (χ1) is 5.95. The van der Waals surface area contributed by atoms with E-state index in [1.807, 2.05) is 0 Å². The van der Waals surface area contributed by atoms with E-state index in [0.29, 0.717) is 0 Å². The Labute approximate surface area is 72.1 Å². The third kappa shape index (κ3) is 0.826. The molecule has 60 valence electrons. The highest BCUT2D eigenvalue weighted by Crippen LogP contribution is 2.53. The number of benzene rings is 1. The molecule has 0 N–H and O–H groups in total. The van der Waals surface area contributed by atoms with Gasteiger partial charge in [-0.1, -0.05) is 18.2 Å². The summed E-state index contributed by atoms with van der Waals surface area (Å²) in [6, 6.07) is 8.53. The maximum absolute atomic E-state index is 4.44. The second-order valence-corrected chi connectivity index (χ2v) is 3.71. The van der Waals surface area contributed by atoms with Crippen LogP contribution in [0.4, 0.5) is 5.69 Å². The first-order valence-corrected chi connectivity index (χ1v) is 4.56. The molecule has 1 nitrogen and oxygen atoms in total. The molecule has 1 heterocycles. The van der Waals surface area contributed by atoms with Crippen molar-refractivity contribution in [2.24, 2.45) is 10.9 Å². The van der Waals surface area contributed by atoms with Crippen LogP contribution in [0.1, 0.15) is 24.3 Å². The van der Waals surface area contributed by atoms with Gasteiger partial charge >= 0.3 is 0 Å².